The maximum atomic E-state index is 14.1. The Morgan fingerprint density at radius 2 is 2.22 bits per heavy atom. The van der Waals surface area contributed by atoms with Crippen LogP contribution < -0.4 is 19.9 Å². The minimum absolute atomic E-state index is 0.00426. The van der Waals surface area contributed by atoms with E-state index in [0.717, 1.165) is 0 Å². The summed E-state index contributed by atoms with van der Waals surface area (Å²) in [5.41, 5.74) is 5.83. The summed E-state index contributed by atoms with van der Waals surface area (Å²) in [5, 5.41) is 3.54. The number of aromatic nitrogens is 1. The molecule has 2 aromatic rings. The number of rotatable bonds is 2. The van der Waals surface area contributed by atoms with Crippen LogP contribution in [0, 0.1) is 5.82 Å². The molecular weight excluding hydrogens is 243 g/mol. The molecule has 2 N–H and O–H groups in total. The van der Waals surface area contributed by atoms with Crippen LogP contribution in [0.4, 0.5) is 10.2 Å². The molecule has 0 saturated heterocycles. The number of ether oxygens (including phenoxy) is 3. The van der Waals surface area contributed by atoms with Gasteiger partial charge in [-0.15, -0.1) is 0 Å². The predicted octanol–water partition coefficient (Wildman–Crippen LogP) is 1.80. The van der Waals surface area contributed by atoms with Crippen LogP contribution >= 0.6 is 0 Å². The second-order valence-electron chi connectivity index (χ2n) is 3.62. The van der Waals surface area contributed by atoms with E-state index >= 15 is 0 Å². The first kappa shape index (κ1) is 10.7. The van der Waals surface area contributed by atoms with Gasteiger partial charge in [-0.05, 0) is 6.07 Å². The summed E-state index contributed by atoms with van der Waals surface area (Å²) >= 11 is 0. The Morgan fingerprint density at radius 1 is 1.39 bits per heavy atom. The van der Waals surface area contributed by atoms with Crippen molar-refractivity contribution in [3.05, 3.63) is 17.9 Å². The van der Waals surface area contributed by atoms with E-state index in [1.807, 2.05) is 0 Å². The lowest BCUT2D eigenvalue weighted by molar-refractivity contribution is 0.170. The van der Waals surface area contributed by atoms with Gasteiger partial charge in [-0.2, -0.15) is 4.39 Å². The summed E-state index contributed by atoms with van der Waals surface area (Å²) in [6, 6.07) is 3.03. The first-order valence-corrected chi connectivity index (χ1v) is 5.09. The molecule has 0 saturated carbocycles. The Balaban J connectivity index is 2.23. The molecule has 0 bridgehead atoms. The van der Waals surface area contributed by atoms with E-state index in [9.17, 15) is 4.39 Å². The van der Waals surface area contributed by atoms with Crippen molar-refractivity contribution >= 4 is 5.82 Å². The number of nitrogens with two attached hydrogens (primary N) is 1. The van der Waals surface area contributed by atoms with Crippen LogP contribution in [0.15, 0.2) is 16.7 Å². The fraction of sp³-hybridized carbons (Fsp3) is 0.182. The van der Waals surface area contributed by atoms with E-state index in [-0.39, 0.29) is 24.1 Å². The molecule has 1 aliphatic heterocycles. The molecule has 1 aromatic heterocycles. The molecule has 18 heavy (non-hydrogen) atoms. The Morgan fingerprint density at radius 3 is 2.89 bits per heavy atom. The van der Waals surface area contributed by atoms with Gasteiger partial charge in [-0.3, -0.25) is 0 Å². The van der Waals surface area contributed by atoms with Crippen molar-refractivity contribution in [2.45, 2.75) is 0 Å². The summed E-state index contributed by atoms with van der Waals surface area (Å²) < 4.78 is 34.3. The number of hydrogen-bond acceptors (Lipinski definition) is 6. The number of fused-ring (bicyclic) bond motifs is 1. The van der Waals surface area contributed by atoms with E-state index in [0.29, 0.717) is 17.1 Å². The lowest BCUT2D eigenvalue weighted by Gasteiger charge is -2.08. The van der Waals surface area contributed by atoms with Gasteiger partial charge in [0.15, 0.2) is 23.1 Å². The van der Waals surface area contributed by atoms with Crippen molar-refractivity contribution in [2.75, 3.05) is 19.6 Å². The quantitative estimate of drug-likeness (QED) is 0.877. The van der Waals surface area contributed by atoms with Crippen molar-refractivity contribution in [3.63, 3.8) is 0 Å². The highest BCUT2D eigenvalue weighted by Gasteiger charge is 2.27. The predicted molar refractivity (Wildman–Crippen MR) is 59.0 cm³/mol. The largest absolute Gasteiger partial charge is 0.493 e. The first-order valence-electron chi connectivity index (χ1n) is 5.09. The molecule has 0 radical (unpaired) electrons. The molecule has 0 fully saturated rings. The van der Waals surface area contributed by atoms with E-state index in [4.69, 9.17) is 24.5 Å². The van der Waals surface area contributed by atoms with Gasteiger partial charge in [-0.25, -0.2) is 0 Å². The summed E-state index contributed by atoms with van der Waals surface area (Å²) in [5.74, 6) is 0.168. The van der Waals surface area contributed by atoms with E-state index in [2.05, 4.69) is 5.16 Å². The lowest BCUT2D eigenvalue weighted by Crippen LogP contribution is -1.95. The Labute approximate surface area is 101 Å². The number of hydrogen-bond donors (Lipinski definition) is 1. The number of halogens is 1. The molecule has 0 atom stereocenters. The highest BCUT2D eigenvalue weighted by atomic mass is 19.1. The van der Waals surface area contributed by atoms with Crippen LogP contribution in [-0.2, 0) is 0 Å². The normalized spacial score (nSPS) is 12.8. The third kappa shape index (κ3) is 1.44. The SMILES string of the molecule is COc1c(-c2cc(N)no2)cc2c(c1F)OCO2. The molecule has 0 unspecified atom stereocenters. The van der Waals surface area contributed by atoms with Crippen LogP contribution in [0.1, 0.15) is 0 Å². The van der Waals surface area contributed by atoms with E-state index in [1.54, 1.807) is 6.07 Å². The third-order valence-corrected chi connectivity index (χ3v) is 2.56. The molecule has 1 aromatic carbocycles. The van der Waals surface area contributed by atoms with E-state index < -0.39 is 5.82 Å². The molecule has 6 nitrogen and oxygen atoms in total. The fourth-order valence-corrected chi connectivity index (χ4v) is 1.78. The maximum Gasteiger partial charge on any atom is 0.231 e. The summed E-state index contributed by atoms with van der Waals surface area (Å²) in [4.78, 5) is 0. The average Bonchev–Trinajstić information content (AvgIpc) is 2.97. The number of methoxy groups -OCH3 is 1. The van der Waals surface area contributed by atoms with Crippen LogP contribution in [-0.4, -0.2) is 19.1 Å². The summed E-state index contributed by atoms with van der Waals surface area (Å²) in [6.07, 6.45) is 0. The number of nitrogen functional groups attached to an aromatic ring is 1. The van der Waals surface area contributed by atoms with Gasteiger partial charge in [0.05, 0.1) is 12.7 Å². The third-order valence-electron chi connectivity index (χ3n) is 2.56. The molecule has 0 spiro atoms. The minimum atomic E-state index is -0.641. The zero-order valence-electron chi connectivity index (χ0n) is 9.40. The van der Waals surface area contributed by atoms with Crippen LogP contribution in [0.5, 0.6) is 17.2 Å². The van der Waals surface area contributed by atoms with Crippen molar-refractivity contribution in [1.82, 2.24) is 5.16 Å². The smallest absolute Gasteiger partial charge is 0.231 e. The maximum absolute atomic E-state index is 14.1. The molecular formula is C11H9FN2O4. The minimum Gasteiger partial charge on any atom is -0.493 e. The Bertz CT molecular complexity index is 611. The van der Waals surface area contributed by atoms with Gasteiger partial charge < -0.3 is 24.5 Å². The number of benzene rings is 1. The van der Waals surface area contributed by atoms with Crippen LogP contribution in [0.3, 0.4) is 0 Å². The Kier molecular flexibility index (Phi) is 2.26. The average molecular weight is 252 g/mol. The molecule has 7 heteroatoms. The highest BCUT2D eigenvalue weighted by Crippen LogP contribution is 2.45. The summed E-state index contributed by atoms with van der Waals surface area (Å²) in [7, 11) is 1.35. The zero-order valence-corrected chi connectivity index (χ0v) is 9.40. The molecule has 1 aliphatic rings. The van der Waals surface area contributed by atoms with Crippen LogP contribution in [0.25, 0.3) is 11.3 Å². The van der Waals surface area contributed by atoms with Crippen molar-refractivity contribution in [2.24, 2.45) is 0 Å². The molecule has 2 heterocycles. The fourth-order valence-electron chi connectivity index (χ4n) is 1.78. The van der Waals surface area contributed by atoms with Gasteiger partial charge in [0.25, 0.3) is 0 Å². The zero-order chi connectivity index (χ0) is 12.7. The molecule has 0 aliphatic carbocycles. The van der Waals surface area contributed by atoms with Gasteiger partial charge in [0.2, 0.25) is 18.4 Å². The first-order chi connectivity index (χ1) is 8.70. The Hall–Kier alpha value is -2.44. The van der Waals surface area contributed by atoms with Gasteiger partial charge in [0.1, 0.15) is 0 Å². The summed E-state index contributed by atoms with van der Waals surface area (Å²) in [6.45, 7) is -0.0304. The topological polar surface area (TPSA) is 79.7 Å². The van der Waals surface area contributed by atoms with Gasteiger partial charge >= 0.3 is 0 Å². The van der Waals surface area contributed by atoms with E-state index in [1.165, 1.54) is 13.2 Å². The number of anilines is 1. The molecule has 94 valence electrons. The van der Waals surface area contributed by atoms with Crippen molar-refractivity contribution in [1.29, 1.82) is 0 Å². The molecule has 0 amide bonds. The lowest BCUT2D eigenvalue weighted by atomic mass is 10.1. The van der Waals surface area contributed by atoms with Crippen molar-refractivity contribution in [3.8, 4) is 28.6 Å². The molecule has 3 rings (SSSR count). The second-order valence-corrected chi connectivity index (χ2v) is 3.62. The van der Waals surface area contributed by atoms with Crippen molar-refractivity contribution < 1.29 is 23.1 Å². The van der Waals surface area contributed by atoms with Gasteiger partial charge in [-0.1, -0.05) is 5.16 Å². The van der Waals surface area contributed by atoms with Crippen LogP contribution in [0.2, 0.25) is 0 Å². The monoisotopic (exact) mass is 252 g/mol. The second kappa shape index (κ2) is 3.80. The number of nitrogens with zero attached hydrogens (tertiary/aromatic N) is 1. The highest BCUT2D eigenvalue weighted by molar-refractivity contribution is 5.72. The standard InChI is InChI=1S/C11H9FN2O4/c1-15-10-5(6-3-8(13)14-18-6)2-7-11(9(10)12)17-4-16-7/h2-3H,4H2,1H3,(H2,13,14). The van der Waals surface area contributed by atoms with Gasteiger partial charge in [0, 0.05) is 6.07 Å².